The third-order valence-corrected chi connectivity index (χ3v) is 4.65. The number of piperidine rings is 1. The van der Waals surface area contributed by atoms with Crippen molar-refractivity contribution in [2.24, 2.45) is 0 Å². The normalized spacial score (nSPS) is 15.5. The molecule has 6 nitrogen and oxygen atoms in total. The summed E-state index contributed by atoms with van der Waals surface area (Å²) >= 11 is 1.57. The first-order valence-corrected chi connectivity index (χ1v) is 8.12. The van der Waals surface area contributed by atoms with E-state index in [1.54, 1.807) is 36.8 Å². The van der Waals surface area contributed by atoms with E-state index in [0.29, 0.717) is 23.2 Å². The summed E-state index contributed by atoms with van der Waals surface area (Å²) < 4.78 is 4.99. The zero-order valence-electron chi connectivity index (χ0n) is 12.3. The number of carbonyl (C=O) groups is 1. The van der Waals surface area contributed by atoms with E-state index in [0.717, 1.165) is 30.9 Å². The molecule has 0 radical (unpaired) electrons. The number of methoxy groups -OCH3 is 1. The summed E-state index contributed by atoms with van der Waals surface area (Å²) in [7, 11) is 1.55. The number of nitrogens with zero attached hydrogens (tertiary/aromatic N) is 2. The third-order valence-electron chi connectivity index (χ3n) is 3.65. The number of thiazole rings is 1. The Bertz CT molecular complexity index is 635. The number of aromatic nitrogens is 2. The van der Waals surface area contributed by atoms with Crippen molar-refractivity contribution in [3.05, 3.63) is 34.4 Å². The van der Waals surface area contributed by atoms with Gasteiger partial charge in [-0.1, -0.05) is 0 Å². The number of hydrogen-bond donors (Lipinski definition) is 2. The average Bonchev–Trinajstić information content (AvgIpc) is 3.06. The highest BCUT2D eigenvalue weighted by molar-refractivity contribution is 7.09. The maximum Gasteiger partial charge on any atom is 0.275 e. The summed E-state index contributed by atoms with van der Waals surface area (Å²) in [5, 5.41) is 9.02. The highest BCUT2D eigenvalue weighted by Crippen LogP contribution is 2.28. The first-order valence-electron chi connectivity index (χ1n) is 7.24. The van der Waals surface area contributed by atoms with Crippen molar-refractivity contribution in [1.29, 1.82) is 0 Å². The smallest absolute Gasteiger partial charge is 0.275 e. The van der Waals surface area contributed by atoms with Crippen LogP contribution in [0.25, 0.3) is 0 Å². The summed E-state index contributed by atoms with van der Waals surface area (Å²) in [4.78, 5) is 20.8. The zero-order chi connectivity index (χ0) is 15.4. The van der Waals surface area contributed by atoms with Gasteiger partial charge in [0.25, 0.3) is 5.91 Å². The number of ether oxygens (including phenoxy) is 1. The summed E-state index contributed by atoms with van der Waals surface area (Å²) in [5.74, 6) is 0.777. The van der Waals surface area contributed by atoms with Crippen molar-refractivity contribution >= 4 is 22.9 Å². The molecule has 1 fully saturated rings. The number of anilines is 1. The molecule has 1 aliphatic rings. The Kier molecular flexibility index (Phi) is 4.65. The molecular weight excluding hydrogens is 300 g/mol. The van der Waals surface area contributed by atoms with E-state index in [2.05, 4.69) is 20.6 Å². The van der Waals surface area contributed by atoms with Gasteiger partial charge in [-0.15, -0.1) is 11.3 Å². The fourth-order valence-electron chi connectivity index (χ4n) is 2.42. The lowest BCUT2D eigenvalue weighted by atomic mass is 9.99. The predicted molar refractivity (Wildman–Crippen MR) is 85.7 cm³/mol. The quantitative estimate of drug-likeness (QED) is 0.904. The van der Waals surface area contributed by atoms with E-state index < -0.39 is 0 Å². The molecule has 0 bridgehead atoms. The van der Waals surface area contributed by atoms with Gasteiger partial charge in [0.05, 0.1) is 24.0 Å². The van der Waals surface area contributed by atoms with Crippen molar-refractivity contribution in [3.8, 4) is 5.88 Å². The molecule has 3 rings (SSSR count). The molecule has 1 amide bonds. The Balaban J connectivity index is 1.65. The van der Waals surface area contributed by atoms with Crippen LogP contribution in [-0.2, 0) is 0 Å². The number of carbonyl (C=O) groups excluding carboxylic acids is 1. The molecule has 2 aromatic heterocycles. The number of amides is 1. The van der Waals surface area contributed by atoms with Gasteiger partial charge in [0.1, 0.15) is 5.69 Å². The molecule has 116 valence electrons. The molecule has 0 spiro atoms. The van der Waals surface area contributed by atoms with Crippen molar-refractivity contribution < 1.29 is 9.53 Å². The lowest BCUT2D eigenvalue weighted by Gasteiger charge is -2.20. The van der Waals surface area contributed by atoms with Crippen molar-refractivity contribution in [2.75, 3.05) is 25.5 Å². The topological polar surface area (TPSA) is 76.1 Å². The second kappa shape index (κ2) is 6.85. The molecule has 0 aromatic carbocycles. The Hall–Kier alpha value is -1.99. The van der Waals surface area contributed by atoms with E-state index in [4.69, 9.17) is 4.74 Å². The van der Waals surface area contributed by atoms with Crippen LogP contribution in [0.5, 0.6) is 5.88 Å². The Labute approximate surface area is 132 Å². The van der Waals surface area contributed by atoms with Crippen LogP contribution in [-0.4, -0.2) is 36.1 Å². The summed E-state index contributed by atoms with van der Waals surface area (Å²) in [5.41, 5.74) is 1.09. The van der Waals surface area contributed by atoms with E-state index in [-0.39, 0.29) is 5.91 Å². The van der Waals surface area contributed by atoms with Crippen LogP contribution < -0.4 is 15.4 Å². The van der Waals surface area contributed by atoms with E-state index in [1.807, 2.05) is 5.38 Å². The zero-order valence-corrected chi connectivity index (χ0v) is 13.2. The first-order chi connectivity index (χ1) is 10.8. The number of nitrogens with one attached hydrogen (secondary N) is 2. The molecule has 0 unspecified atom stereocenters. The fourth-order valence-corrected chi connectivity index (χ4v) is 3.39. The fraction of sp³-hybridized carbons (Fsp3) is 0.400. The molecule has 1 aliphatic heterocycles. The van der Waals surface area contributed by atoms with Gasteiger partial charge in [0, 0.05) is 17.4 Å². The highest BCUT2D eigenvalue weighted by Gasteiger charge is 2.20. The highest BCUT2D eigenvalue weighted by atomic mass is 32.1. The van der Waals surface area contributed by atoms with Crippen molar-refractivity contribution in [2.45, 2.75) is 18.8 Å². The number of hydrogen-bond acceptors (Lipinski definition) is 6. The van der Waals surface area contributed by atoms with Gasteiger partial charge in [0.2, 0.25) is 5.88 Å². The Morgan fingerprint density at radius 1 is 1.41 bits per heavy atom. The minimum atomic E-state index is -0.205. The second-order valence-corrected chi connectivity index (χ2v) is 6.03. The minimum Gasteiger partial charge on any atom is -0.481 e. The van der Waals surface area contributed by atoms with Gasteiger partial charge < -0.3 is 15.4 Å². The van der Waals surface area contributed by atoms with Crippen LogP contribution in [0.1, 0.15) is 34.3 Å². The van der Waals surface area contributed by atoms with Crippen LogP contribution in [0.2, 0.25) is 0 Å². The molecule has 0 aliphatic carbocycles. The molecule has 2 aromatic rings. The van der Waals surface area contributed by atoms with Gasteiger partial charge in [-0.25, -0.2) is 9.97 Å². The van der Waals surface area contributed by atoms with E-state index in [1.165, 1.54) is 0 Å². The maximum absolute atomic E-state index is 12.2. The SMILES string of the molecule is COc1ccc(NC(=O)c2csc(C3CCNCC3)n2)cn1. The van der Waals surface area contributed by atoms with Crippen molar-refractivity contribution in [3.63, 3.8) is 0 Å². The molecule has 22 heavy (non-hydrogen) atoms. The van der Waals surface area contributed by atoms with E-state index in [9.17, 15) is 4.79 Å². The van der Waals surface area contributed by atoms with Gasteiger partial charge in [-0.05, 0) is 32.0 Å². The van der Waals surface area contributed by atoms with Gasteiger partial charge >= 0.3 is 0 Å². The molecule has 7 heteroatoms. The molecule has 1 saturated heterocycles. The summed E-state index contributed by atoms with van der Waals surface area (Å²) in [6.45, 7) is 2.03. The predicted octanol–water partition coefficient (Wildman–Crippen LogP) is 2.27. The van der Waals surface area contributed by atoms with Gasteiger partial charge in [0.15, 0.2) is 0 Å². The summed E-state index contributed by atoms with van der Waals surface area (Å²) in [6.07, 6.45) is 3.73. The molecule has 2 N–H and O–H groups in total. The second-order valence-electron chi connectivity index (χ2n) is 5.14. The molecule has 3 heterocycles. The maximum atomic E-state index is 12.2. The molecular formula is C15H18N4O2S. The number of pyridine rings is 1. The minimum absolute atomic E-state index is 0.205. The van der Waals surface area contributed by atoms with Crippen LogP contribution in [0, 0.1) is 0 Å². The monoisotopic (exact) mass is 318 g/mol. The van der Waals surface area contributed by atoms with Crippen LogP contribution in [0.3, 0.4) is 0 Å². The lowest BCUT2D eigenvalue weighted by molar-refractivity contribution is 0.102. The van der Waals surface area contributed by atoms with Crippen LogP contribution in [0.4, 0.5) is 5.69 Å². The Morgan fingerprint density at radius 3 is 2.91 bits per heavy atom. The largest absolute Gasteiger partial charge is 0.481 e. The van der Waals surface area contributed by atoms with Crippen LogP contribution >= 0.6 is 11.3 Å². The van der Waals surface area contributed by atoms with Gasteiger partial charge in [-0.2, -0.15) is 0 Å². The van der Waals surface area contributed by atoms with E-state index >= 15 is 0 Å². The average molecular weight is 318 g/mol. The van der Waals surface area contributed by atoms with Gasteiger partial charge in [-0.3, -0.25) is 4.79 Å². The third kappa shape index (κ3) is 3.42. The number of rotatable bonds is 4. The summed E-state index contributed by atoms with van der Waals surface area (Å²) in [6, 6.07) is 3.46. The molecule has 0 saturated carbocycles. The standard InChI is InChI=1S/C15H18N4O2S/c1-21-13-3-2-11(8-17-13)18-14(20)12-9-22-15(19-12)10-4-6-16-7-5-10/h2-3,8-10,16H,4-7H2,1H3,(H,18,20). The molecule has 0 atom stereocenters. The Morgan fingerprint density at radius 2 is 2.23 bits per heavy atom. The first kappa shape index (κ1) is 14.9. The van der Waals surface area contributed by atoms with Crippen molar-refractivity contribution in [1.82, 2.24) is 15.3 Å². The van der Waals surface area contributed by atoms with Crippen LogP contribution in [0.15, 0.2) is 23.7 Å². The lowest BCUT2D eigenvalue weighted by Crippen LogP contribution is -2.26.